The summed E-state index contributed by atoms with van der Waals surface area (Å²) in [5.41, 5.74) is 1.54. The Balaban J connectivity index is 1.88. The quantitative estimate of drug-likeness (QED) is 0.300. The molecule has 3 rings (SSSR count). The number of hydrogen-bond acceptors (Lipinski definition) is 4. The topological polar surface area (TPSA) is 56.6 Å². The third-order valence-electron chi connectivity index (χ3n) is 5.42. The summed E-state index contributed by atoms with van der Waals surface area (Å²) in [6.45, 7) is 14.6. The fourth-order valence-corrected chi connectivity index (χ4v) is 4.77. The van der Waals surface area contributed by atoms with Gasteiger partial charge in [0.1, 0.15) is 18.2 Å². The number of rotatable bonds is 7. The van der Waals surface area contributed by atoms with Gasteiger partial charge in [-0.05, 0) is 57.4 Å². The summed E-state index contributed by atoms with van der Waals surface area (Å²) in [4.78, 5) is 19.5. The Morgan fingerprint density at radius 3 is 2.53 bits per heavy atom. The van der Waals surface area contributed by atoms with E-state index < -0.39 is 13.7 Å². The first-order valence-electron chi connectivity index (χ1n) is 11.3. The standard InChI is InChI=1S/C24H36BrN3O3Si/c1-24(2,3)31-23(29)27-13-7-8-20(27)22-26-16-21(18-9-11-19(25)12-10-18)28(22)17-30-14-15-32(4,5)6/h9-12,16,20H,7-8,13-15,17H2,1-6H3/t20-/m1/s1. The number of benzene rings is 1. The summed E-state index contributed by atoms with van der Waals surface area (Å²) in [7, 11) is -1.18. The van der Waals surface area contributed by atoms with Crippen molar-refractivity contribution >= 4 is 30.1 Å². The van der Waals surface area contributed by atoms with Crippen molar-refractivity contribution in [2.45, 2.75) is 77.7 Å². The normalized spacial score (nSPS) is 17.1. The highest BCUT2D eigenvalue weighted by atomic mass is 79.9. The average Bonchev–Trinajstić information content (AvgIpc) is 3.30. The van der Waals surface area contributed by atoms with Crippen molar-refractivity contribution in [1.82, 2.24) is 14.5 Å². The molecule has 0 unspecified atom stereocenters. The minimum Gasteiger partial charge on any atom is -0.444 e. The molecule has 1 aliphatic heterocycles. The molecule has 1 aromatic heterocycles. The van der Waals surface area contributed by atoms with Crippen LogP contribution in [0.25, 0.3) is 11.3 Å². The number of nitrogens with zero attached hydrogens (tertiary/aromatic N) is 3. The molecule has 176 valence electrons. The van der Waals surface area contributed by atoms with E-state index in [1.807, 2.05) is 44.0 Å². The highest BCUT2D eigenvalue weighted by molar-refractivity contribution is 9.10. The second-order valence-corrected chi connectivity index (χ2v) is 17.2. The van der Waals surface area contributed by atoms with E-state index in [0.29, 0.717) is 13.3 Å². The lowest BCUT2D eigenvalue weighted by molar-refractivity contribution is 0.0204. The van der Waals surface area contributed by atoms with Gasteiger partial charge >= 0.3 is 6.09 Å². The maximum Gasteiger partial charge on any atom is 0.410 e. The first-order valence-corrected chi connectivity index (χ1v) is 15.8. The van der Waals surface area contributed by atoms with Crippen molar-refractivity contribution in [2.24, 2.45) is 0 Å². The van der Waals surface area contributed by atoms with E-state index in [1.54, 1.807) is 0 Å². The second kappa shape index (κ2) is 10.1. The summed E-state index contributed by atoms with van der Waals surface area (Å²) in [6.07, 6.45) is 3.41. The fraction of sp³-hybridized carbons (Fsp3) is 0.583. The monoisotopic (exact) mass is 521 g/mol. The van der Waals surface area contributed by atoms with Gasteiger partial charge in [-0.2, -0.15) is 0 Å². The highest BCUT2D eigenvalue weighted by Crippen LogP contribution is 2.35. The van der Waals surface area contributed by atoms with Crippen LogP contribution in [0.4, 0.5) is 4.79 Å². The van der Waals surface area contributed by atoms with E-state index in [1.165, 1.54) is 0 Å². The molecule has 0 radical (unpaired) electrons. The Morgan fingerprint density at radius 2 is 1.91 bits per heavy atom. The predicted octanol–water partition coefficient (Wildman–Crippen LogP) is 6.70. The molecule has 0 aliphatic carbocycles. The highest BCUT2D eigenvalue weighted by Gasteiger charge is 2.36. The Bertz CT molecular complexity index is 916. The number of hydrogen-bond donors (Lipinski definition) is 0. The van der Waals surface area contributed by atoms with Gasteiger partial charge in [-0.25, -0.2) is 9.78 Å². The zero-order chi connectivity index (χ0) is 23.5. The number of likely N-dealkylation sites (tertiary alicyclic amines) is 1. The molecule has 1 aliphatic rings. The number of carbonyl (C=O) groups is 1. The van der Waals surface area contributed by atoms with Crippen LogP contribution in [0.2, 0.25) is 25.7 Å². The third-order valence-corrected chi connectivity index (χ3v) is 7.65. The molecule has 0 bridgehead atoms. The Kier molecular flexibility index (Phi) is 7.88. The van der Waals surface area contributed by atoms with E-state index in [2.05, 4.69) is 52.3 Å². The first-order chi connectivity index (χ1) is 14.9. The predicted molar refractivity (Wildman–Crippen MR) is 134 cm³/mol. The Hall–Kier alpha value is -1.64. The maximum absolute atomic E-state index is 12.9. The lowest BCUT2D eigenvalue weighted by Gasteiger charge is -2.29. The van der Waals surface area contributed by atoms with Gasteiger partial charge in [0.25, 0.3) is 0 Å². The molecule has 6 nitrogen and oxygen atoms in total. The van der Waals surface area contributed by atoms with Crippen LogP contribution < -0.4 is 0 Å². The fourth-order valence-electron chi connectivity index (χ4n) is 3.75. The summed E-state index contributed by atoms with van der Waals surface area (Å²) < 4.78 is 15.0. The van der Waals surface area contributed by atoms with Crippen LogP contribution >= 0.6 is 15.9 Å². The van der Waals surface area contributed by atoms with Crippen LogP contribution in [0, 0.1) is 0 Å². The molecule has 2 aromatic rings. The molecule has 0 saturated carbocycles. The third kappa shape index (κ3) is 6.68. The number of ether oxygens (including phenoxy) is 2. The van der Waals surface area contributed by atoms with Crippen molar-refractivity contribution < 1.29 is 14.3 Å². The first kappa shape index (κ1) is 25.0. The molecule has 1 amide bonds. The molecule has 1 aromatic carbocycles. The number of imidazole rings is 1. The molecule has 2 heterocycles. The smallest absolute Gasteiger partial charge is 0.410 e. The van der Waals surface area contributed by atoms with Gasteiger partial charge in [0, 0.05) is 25.7 Å². The minimum absolute atomic E-state index is 0.116. The van der Waals surface area contributed by atoms with Crippen LogP contribution in [-0.2, 0) is 16.2 Å². The largest absolute Gasteiger partial charge is 0.444 e. The lowest BCUT2D eigenvalue weighted by atomic mass is 10.1. The van der Waals surface area contributed by atoms with E-state index in [9.17, 15) is 4.79 Å². The van der Waals surface area contributed by atoms with Crippen LogP contribution in [0.15, 0.2) is 34.9 Å². The van der Waals surface area contributed by atoms with Crippen LogP contribution in [0.5, 0.6) is 0 Å². The molecule has 8 heteroatoms. The summed E-state index contributed by atoms with van der Waals surface area (Å²) >= 11 is 3.51. The van der Waals surface area contributed by atoms with Gasteiger partial charge in [-0.3, -0.25) is 4.90 Å². The van der Waals surface area contributed by atoms with Crippen molar-refractivity contribution in [3.63, 3.8) is 0 Å². The summed E-state index contributed by atoms with van der Waals surface area (Å²) in [6, 6.07) is 9.20. The van der Waals surface area contributed by atoms with Gasteiger partial charge < -0.3 is 14.0 Å². The van der Waals surface area contributed by atoms with Gasteiger partial charge in [-0.15, -0.1) is 0 Å². The molecular formula is C24H36BrN3O3Si. The molecular weight excluding hydrogens is 486 g/mol. The zero-order valence-electron chi connectivity index (χ0n) is 20.2. The number of carbonyl (C=O) groups excluding carboxylic acids is 1. The maximum atomic E-state index is 12.9. The number of amides is 1. The Morgan fingerprint density at radius 1 is 1.22 bits per heavy atom. The number of aromatic nitrogens is 2. The molecule has 0 N–H and O–H groups in total. The number of halogens is 1. The second-order valence-electron chi connectivity index (χ2n) is 10.6. The minimum atomic E-state index is -1.18. The SMILES string of the molecule is CC(C)(C)OC(=O)N1CCC[C@@H]1c1ncc(-c2ccc(Br)cc2)n1COCC[Si](C)(C)C. The molecule has 1 saturated heterocycles. The van der Waals surface area contributed by atoms with Gasteiger partial charge in [0.15, 0.2) is 0 Å². The van der Waals surface area contributed by atoms with E-state index >= 15 is 0 Å². The van der Waals surface area contributed by atoms with Crippen molar-refractivity contribution in [1.29, 1.82) is 0 Å². The molecule has 1 atom stereocenters. The van der Waals surface area contributed by atoms with Crippen LogP contribution in [0.3, 0.4) is 0 Å². The van der Waals surface area contributed by atoms with Crippen molar-refractivity contribution in [2.75, 3.05) is 13.2 Å². The summed E-state index contributed by atoms with van der Waals surface area (Å²) in [5, 5.41) is 0. The van der Waals surface area contributed by atoms with E-state index in [-0.39, 0.29) is 12.1 Å². The van der Waals surface area contributed by atoms with Gasteiger partial charge in [0.2, 0.25) is 0 Å². The molecule has 32 heavy (non-hydrogen) atoms. The van der Waals surface area contributed by atoms with E-state index in [4.69, 9.17) is 14.5 Å². The van der Waals surface area contributed by atoms with Gasteiger partial charge in [0.05, 0.1) is 17.9 Å². The molecule has 0 spiro atoms. The van der Waals surface area contributed by atoms with Gasteiger partial charge in [-0.1, -0.05) is 47.7 Å². The molecule has 1 fully saturated rings. The zero-order valence-corrected chi connectivity index (χ0v) is 22.7. The lowest BCUT2D eigenvalue weighted by Crippen LogP contribution is -2.37. The van der Waals surface area contributed by atoms with Crippen LogP contribution in [0.1, 0.15) is 45.5 Å². The van der Waals surface area contributed by atoms with Crippen molar-refractivity contribution in [3.8, 4) is 11.3 Å². The average molecular weight is 523 g/mol. The van der Waals surface area contributed by atoms with Crippen molar-refractivity contribution in [3.05, 3.63) is 40.8 Å². The van der Waals surface area contributed by atoms with Crippen LogP contribution in [-0.4, -0.2) is 47.4 Å². The Labute approximate surface area is 201 Å². The summed E-state index contributed by atoms with van der Waals surface area (Å²) in [5.74, 6) is 0.860. The van der Waals surface area contributed by atoms with E-state index in [0.717, 1.165) is 47.0 Å².